The van der Waals surface area contributed by atoms with Crippen LogP contribution in [0.2, 0.25) is 0 Å². The molecule has 0 fully saturated rings. The molecule has 0 aromatic heterocycles. The van der Waals surface area contributed by atoms with Gasteiger partial charge in [0.15, 0.2) is 0 Å². The molecule has 78 valence electrons. The van der Waals surface area contributed by atoms with E-state index in [4.69, 9.17) is 10.8 Å². The first-order chi connectivity index (χ1) is 6.59. The second-order valence-electron chi connectivity index (χ2n) is 3.91. The lowest BCUT2D eigenvalue weighted by molar-refractivity contribution is 0.393. The maximum Gasteiger partial charge on any atom is 0.115 e. The fourth-order valence-corrected chi connectivity index (χ4v) is 1.52. The predicted octanol–water partition coefficient (Wildman–Crippen LogP) is 2.45. The molecule has 1 aromatic carbocycles. The topological polar surface area (TPSA) is 46.2 Å². The fraction of sp³-hybridized carbons (Fsp3) is 0.500. The molecule has 1 rings (SSSR count). The molecule has 1 aromatic rings. The molecule has 3 N–H and O–H groups in total. The van der Waals surface area contributed by atoms with Crippen molar-refractivity contribution < 1.29 is 5.11 Å². The molecule has 2 heteroatoms. The maximum absolute atomic E-state index is 9.14. The molecule has 0 heterocycles. The summed E-state index contributed by atoms with van der Waals surface area (Å²) in [6, 6.07) is 7.28. The number of phenolic OH excluding ortho intramolecular Hbond substituents is 1. The third kappa shape index (κ3) is 2.74. The SMILES string of the molecule is CCC(N)(CC)Cc1ccc(O)cc1. The standard InChI is InChI=1S/C12H19NO/c1-3-12(13,4-2)9-10-5-7-11(14)8-6-10/h5-8,14H,3-4,9,13H2,1-2H3. The molecule has 0 saturated carbocycles. The van der Waals surface area contributed by atoms with Gasteiger partial charge in [0.2, 0.25) is 0 Å². The van der Waals surface area contributed by atoms with Crippen molar-refractivity contribution in [3.63, 3.8) is 0 Å². The van der Waals surface area contributed by atoms with Crippen LogP contribution < -0.4 is 5.73 Å². The first-order valence-corrected chi connectivity index (χ1v) is 5.16. The maximum atomic E-state index is 9.14. The zero-order valence-electron chi connectivity index (χ0n) is 8.96. The van der Waals surface area contributed by atoms with Gasteiger partial charge < -0.3 is 10.8 Å². The highest BCUT2D eigenvalue weighted by Gasteiger charge is 2.20. The third-order valence-corrected chi connectivity index (χ3v) is 2.90. The van der Waals surface area contributed by atoms with Crippen LogP contribution in [0.15, 0.2) is 24.3 Å². The summed E-state index contributed by atoms with van der Waals surface area (Å²) in [6.07, 6.45) is 2.83. The molecular weight excluding hydrogens is 174 g/mol. The highest BCUT2D eigenvalue weighted by molar-refractivity contribution is 5.27. The smallest absolute Gasteiger partial charge is 0.115 e. The first kappa shape index (κ1) is 11.1. The molecule has 14 heavy (non-hydrogen) atoms. The van der Waals surface area contributed by atoms with Gasteiger partial charge in [-0.3, -0.25) is 0 Å². The Kier molecular flexibility index (Phi) is 3.53. The zero-order valence-corrected chi connectivity index (χ0v) is 8.96. The summed E-state index contributed by atoms with van der Waals surface area (Å²) < 4.78 is 0. The van der Waals surface area contributed by atoms with E-state index >= 15 is 0 Å². The van der Waals surface area contributed by atoms with Gasteiger partial charge in [-0.15, -0.1) is 0 Å². The van der Waals surface area contributed by atoms with Gasteiger partial charge in [0.1, 0.15) is 5.75 Å². The van der Waals surface area contributed by atoms with Crippen molar-refractivity contribution in [2.75, 3.05) is 0 Å². The van der Waals surface area contributed by atoms with Crippen LogP contribution >= 0.6 is 0 Å². The van der Waals surface area contributed by atoms with Crippen LogP contribution in [0.4, 0.5) is 0 Å². The van der Waals surface area contributed by atoms with E-state index in [-0.39, 0.29) is 5.54 Å². The number of aromatic hydroxyl groups is 1. The van der Waals surface area contributed by atoms with Gasteiger partial charge in [0.05, 0.1) is 0 Å². The number of rotatable bonds is 4. The highest BCUT2D eigenvalue weighted by Crippen LogP contribution is 2.19. The number of benzene rings is 1. The van der Waals surface area contributed by atoms with Crippen LogP contribution in [0, 0.1) is 0 Å². The van der Waals surface area contributed by atoms with E-state index in [1.807, 2.05) is 12.1 Å². The van der Waals surface area contributed by atoms with Gasteiger partial charge in [-0.05, 0) is 37.0 Å². The van der Waals surface area contributed by atoms with Crippen LogP contribution in [0.3, 0.4) is 0 Å². The molecule has 0 amide bonds. The molecule has 0 saturated heterocycles. The normalized spacial score (nSPS) is 11.6. The quantitative estimate of drug-likeness (QED) is 0.771. The average molecular weight is 193 g/mol. The van der Waals surface area contributed by atoms with Gasteiger partial charge in [-0.25, -0.2) is 0 Å². The predicted molar refractivity (Wildman–Crippen MR) is 59.3 cm³/mol. The molecule has 0 unspecified atom stereocenters. The zero-order chi connectivity index (χ0) is 10.6. The van der Waals surface area contributed by atoms with Crippen LogP contribution in [-0.2, 0) is 6.42 Å². The molecule has 0 spiro atoms. The van der Waals surface area contributed by atoms with Crippen molar-refractivity contribution in [2.45, 2.75) is 38.6 Å². The van der Waals surface area contributed by atoms with Gasteiger partial charge in [0.25, 0.3) is 0 Å². The van der Waals surface area contributed by atoms with E-state index in [1.165, 1.54) is 5.56 Å². The summed E-state index contributed by atoms with van der Waals surface area (Å²) in [5, 5.41) is 9.14. The molecular formula is C12H19NO. The lowest BCUT2D eigenvalue weighted by atomic mass is 9.87. The largest absolute Gasteiger partial charge is 0.508 e. The van der Waals surface area contributed by atoms with Gasteiger partial charge in [-0.2, -0.15) is 0 Å². The summed E-state index contributed by atoms with van der Waals surface area (Å²) >= 11 is 0. The Balaban J connectivity index is 2.72. The lowest BCUT2D eigenvalue weighted by Gasteiger charge is -2.26. The Morgan fingerprint density at radius 1 is 1.14 bits per heavy atom. The summed E-state index contributed by atoms with van der Waals surface area (Å²) in [5.41, 5.74) is 7.29. The van der Waals surface area contributed by atoms with Crippen LogP contribution in [0.5, 0.6) is 5.75 Å². The minimum atomic E-state index is -0.100. The van der Waals surface area contributed by atoms with Crippen molar-refractivity contribution in [3.05, 3.63) is 29.8 Å². The molecule has 0 aliphatic carbocycles. The average Bonchev–Trinajstić information content (AvgIpc) is 2.21. The van der Waals surface area contributed by atoms with E-state index in [9.17, 15) is 0 Å². The molecule has 0 atom stereocenters. The molecule has 0 aliphatic heterocycles. The third-order valence-electron chi connectivity index (χ3n) is 2.90. The minimum absolute atomic E-state index is 0.100. The number of nitrogens with two attached hydrogens (primary N) is 1. The number of hydrogen-bond donors (Lipinski definition) is 2. The number of phenols is 1. The van der Waals surface area contributed by atoms with Crippen LogP contribution in [-0.4, -0.2) is 10.6 Å². The molecule has 0 bridgehead atoms. The van der Waals surface area contributed by atoms with E-state index in [2.05, 4.69) is 13.8 Å². The Labute approximate surface area is 85.8 Å². The Morgan fingerprint density at radius 3 is 2.07 bits per heavy atom. The molecule has 0 aliphatic rings. The Bertz CT molecular complexity index is 275. The lowest BCUT2D eigenvalue weighted by Crippen LogP contribution is -2.40. The summed E-state index contributed by atoms with van der Waals surface area (Å²) in [6.45, 7) is 4.23. The van der Waals surface area contributed by atoms with E-state index in [0.717, 1.165) is 19.3 Å². The Morgan fingerprint density at radius 2 is 1.64 bits per heavy atom. The summed E-state index contributed by atoms with van der Waals surface area (Å²) in [4.78, 5) is 0. The molecule has 0 radical (unpaired) electrons. The second kappa shape index (κ2) is 4.47. The van der Waals surface area contributed by atoms with Crippen molar-refractivity contribution in [1.82, 2.24) is 0 Å². The van der Waals surface area contributed by atoms with Crippen molar-refractivity contribution >= 4 is 0 Å². The van der Waals surface area contributed by atoms with E-state index < -0.39 is 0 Å². The Hall–Kier alpha value is -1.02. The summed E-state index contributed by atoms with van der Waals surface area (Å²) in [5.74, 6) is 0.310. The van der Waals surface area contributed by atoms with Crippen molar-refractivity contribution in [2.24, 2.45) is 5.73 Å². The van der Waals surface area contributed by atoms with Crippen LogP contribution in [0.1, 0.15) is 32.3 Å². The monoisotopic (exact) mass is 193 g/mol. The second-order valence-corrected chi connectivity index (χ2v) is 3.91. The van der Waals surface area contributed by atoms with Gasteiger partial charge in [-0.1, -0.05) is 26.0 Å². The van der Waals surface area contributed by atoms with Gasteiger partial charge >= 0.3 is 0 Å². The summed E-state index contributed by atoms with van der Waals surface area (Å²) in [7, 11) is 0. The first-order valence-electron chi connectivity index (χ1n) is 5.16. The van der Waals surface area contributed by atoms with Crippen molar-refractivity contribution in [1.29, 1.82) is 0 Å². The van der Waals surface area contributed by atoms with E-state index in [1.54, 1.807) is 12.1 Å². The minimum Gasteiger partial charge on any atom is -0.508 e. The number of hydrogen-bond acceptors (Lipinski definition) is 2. The van der Waals surface area contributed by atoms with Crippen LogP contribution in [0.25, 0.3) is 0 Å². The van der Waals surface area contributed by atoms with Crippen molar-refractivity contribution in [3.8, 4) is 5.75 Å². The van der Waals surface area contributed by atoms with E-state index in [0.29, 0.717) is 5.75 Å². The highest BCUT2D eigenvalue weighted by atomic mass is 16.3. The fourth-order valence-electron chi connectivity index (χ4n) is 1.52. The van der Waals surface area contributed by atoms with Gasteiger partial charge in [0, 0.05) is 5.54 Å². The molecule has 2 nitrogen and oxygen atoms in total.